The number of amides is 1. The van der Waals surface area contributed by atoms with Crippen molar-refractivity contribution in [3.8, 4) is 22.8 Å². The van der Waals surface area contributed by atoms with Gasteiger partial charge in [-0.2, -0.15) is 0 Å². The number of carbonyl (C=O) groups is 1. The lowest BCUT2D eigenvalue weighted by Crippen LogP contribution is -2.36. The number of nitrogens with one attached hydrogen (secondary N) is 1. The summed E-state index contributed by atoms with van der Waals surface area (Å²) < 4.78 is 53.0. The molecule has 1 aliphatic heterocycles. The number of anilines is 2. The number of aryl methyl sites for hydroxylation is 1. The van der Waals surface area contributed by atoms with Gasteiger partial charge in [0.25, 0.3) is 5.91 Å². The molecule has 1 amide bonds. The average molecular weight is 517 g/mol. The number of hydrogen-bond acceptors (Lipinski definition) is 7. The van der Waals surface area contributed by atoms with E-state index in [1.54, 1.807) is 12.3 Å². The molecule has 0 bridgehead atoms. The second-order valence-electron chi connectivity index (χ2n) is 8.70. The lowest BCUT2D eigenvalue weighted by atomic mass is 10.0. The van der Waals surface area contributed by atoms with Gasteiger partial charge in [-0.25, -0.2) is 4.98 Å². The van der Waals surface area contributed by atoms with Crippen molar-refractivity contribution in [2.24, 2.45) is 0 Å². The summed E-state index contributed by atoms with van der Waals surface area (Å²) >= 11 is 0. The molecule has 1 N–H and O–H groups in total. The van der Waals surface area contributed by atoms with Crippen LogP contribution in [0.5, 0.6) is 11.6 Å². The van der Waals surface area contributed by atoms with Crippen molar-refractivity contribution in [3.63, 3.8) is 0 Å². The van der Waals surface area contributed by atoms with Crippen molar-refractivity contribution in [1.82, 2.24) is 9.97 Å². The minimum absolute atomic E-state index is 0.0615. The maximum Gasteiger partial charge on any atom is 0.573 e. The molecule has 0 unspecified atom stereocenters. The van der Waals surface area contributed by atoms with Crippen molar-refractivity contribution in [3.05, 3.63) is 60.0 Å². The number of halogens is 3. The zero-order chi connectivity index (χ0) is 26.6. The van der Waals surface area contributed by atoms with Crippen LogP contribution in [-0.4, -0.2) is 54.6 Å². The van der Waals surface area contributed by atoms with Gasteiger partial charge in [0.15, 0.2) is 0 Å². The van der Waals surface area contributed by atoms with Crippen molar-refractivity contribution >= 4 is 17.3 Å². The van der Waals surface area contributed by atoms with E-state index in [0.717, 1.165) is 23.4 Å². The maximum atomic E-state index is 12.9. The van der Waals surface area contributed by atoms with Crippen LogP contribution in [0.4, 0.5) is 24.5 Å². The van der Waals surface area contributed by atoms with Crippen molar-refractivity contribution in [2.75, 3.05) is 36.5 Å². The monoisotopic (exact) mass is 516 g/mol. The second kappa shape index (κ2) is 11.0. The van der Waals surface area contributed by atoms with Crippen molar-refractivity contribution in [1.29, 1.82) is 0 Å². The summed E-state index contributed by atoms with van der Waals surface area (Å²) in [6.07, 6.45) is -1.81. The number of pyridine rings is 2. The Morgan fingerprint density at radius 1 is 1.11 bits per heavy atom. The Bertz CT molecular complexity index is 1260. The first-order valence-electron chi connectivity index (χ1n) is 11.7. The van der Waals surface area contributed by atoms with E-state index in [4.69, 9.17) is 9.47 Å². The van der Waals surface area contributed by atoms with Gasteiger partial charge in [0.1, 0.15) is 11.4 Å². The lowest BCUT2D eigenvalue weighted by Gasteiger charge is -2.30. The normalized spacial score (nSPS) is 14.0. The molecule has 11 heteroatoms. The van der Waals surface area contributed by atoms with E-state index in [1.807, 2.05) is 26.8 Å². The molecule has 3 heterocycles. The van der Waals surface area contributed by atoms with Gasteiger partial charge in [0, 0.05) is 54.1 Å². The highest BCUT2D eigenvalue weighted by Gasteiger charge is 2.31. The molecular weight excluding hydrogens is 489 g/mol. The third-order valence-corrected chi connectivity index (χ3v) is 5.52. The van der Waals surface area contributed by atoms with Crippen LogP contribution < -0.4 is 19.7 Å². The van der Waals surface area contributed by atoms with Gasteiger partial charge in [-0.05, 0) is 45.0 Å². The largest absolute Gasteiger partial charge is 0.573 e. The molecule has 0 atom stereocenters. The highest BCUT2D eigenvalue weighted by Crippen LogP contribution is 2.34. The van der Waals surface area contributed by atoms with Gasteiger partial charge >= 0.3 is 6.36 Å². The van der Waals surface area contributed by atoms with E-state index < -0.39 is 18.0 Å². The fourth-order valence-electron chi connectivity index (χ4n) is 3.86. The molecule has 8 nitrogen and oxygen atoms in total. The smallest absolute Gasteiger partial charge is 0.473 e. The Morgan fingerprint density at radius 3 is 2.57 bits per heavy atom. The Morgan fingerprint density at radius 2 is 1.86 bits per heavy atom. The third kappa shape index (κ3) is 6.88. The molecule has 196 valence electrons. The molecule has 37 heavy (non-hydrogen) atoms. The molecule has 2 aromatic heterocycles. The number of rotatable bonds is 7. The van der Waals surface area contributed by atoms with Gasteiger partial charge in [0.05, 0.1) is 24.9 Å². The van der Waals surface area contributed by atoms with Gasteiger partial charge in [0.2, 0.25) is 5.88 Å². The lowest BCUT2D eigenvalue weighted by molar-refractivity contribution is -0.274. The molecule has 0 spiro atoms. The van der Waals surface area contributed by atoms with Crippen molar-refractivity contribution in [2.45, 2.75) is 33.2 Å². The van der Waals surface area contributed by atoms with E-state index in [0.29, 0.717) is 43.4 Å². The SMILES string of the molecule is Cc1ncc(C(=O)Nc2cccc(OC(F)(F)F)c2)cc1-c1cnc(OC(C)C)c(N2CCOCC2)c1. The summed E-state index contributed by atoms with van der Waals surface area (Å²) in [4.78, 5) is 24.0. The number of benzene rings is 1. The first-order chi connectivity index (χ1) is 17.6. The van der Waals surface area contributed by atoms with E-state index in [2.05, 4.69) is 24.9 Å². The zero-order valence-corrected chi connectivity index (χ0v) is 20.6. The number of morpholine rings is 1. The predicted molar refractivity (Wildman–Crippen MR) is 132 cm³/mol. The number of hydrogen-bond donors (Lipinski definition) is 1. The topological polar surface area (TPSA) is 85.8 Å². The zero-order valence-electron chi connectivity index (χ0n) is 20.6. The van der Waals surface area contributed by atoms with Crippen LogP contribution in [0.2, 0.25) is 0 Å². The van der Waals surface area contributed by atoms with Crippen LogP contribution in [-0.2, 0) is 4.74 Å². The number of carbonyl (C=O) groups excluding carboxylic acids is 1. The Kier molecular flexibility index (Phi) is 7.82. The summed E-state index contributed by atoms with van der Waals surface area (Å²) in [5.74, 6) is -0.446. The van der Waals surface area contributed by atoms with Crippen LogP contribution in [0.1, 0.15) is 29.9 Å². The highest BCUT2D eigenvalue weighted by molar-refractivity contribution is 6.05. The van der Waals surface area contributed by atoms with Gasteiger partial charge < -0.3 is 24.4 Å². The van der Waals surface area contributed by atoms with Gasteiger partial charge in [-0.15, -0.1) is 13.2 Å². The summed E-state index contributed by atoms with van der Waals surface area (Å²) in [7, 11) is 0. The van der Waals surface area contributed by atoms with Crippen LogP contribution in [0.25, 0.3) is 11.1 Å². The molecule has 0 saturated carbocycles. The highest BCUT2D eigenvalue weighted by atomic mass is 19.4. The summed E-state index contributed by atoms with van der Waals surface area (Å²) in [6, 6.07) is 8.71. The summed E-state index contributed by atoms with van der Waals surface area (Å²) in [5, 5.41) is 2.59. The fourth-order valence-corrected chi connectivity index (χ4v) is 3.86. The standard InChI is InChI=1S/C26H27F3N4O4/c1-16(2)36-25-23(33-7-9-35-10-8-33)12-18(14-31-25)22-11-19(15-30-17(22)3)24(34)32-20-5-4-6-21(13-20)37-26(27,28)29/h4-6,11-16H,7-10H2,1-3H3,(H,32,34). The Balaban J connectivity index is 1.61. The second-order valence-corrected chi connectivity index (χ2v) is 8.70. The summed E-state index contributed by atoms with van der Waals surface area (Å²) in [5.41, 5.74) is 3.34. The molecule has 1 fully saturated rings. The first kappa shape index (κ1) is 26.2. The summed E-state index contributed by atoms with van der Waals surface area (Å²) in [6.45, 7) is 8.25. The van der Waals surface area contributed by atoms with Crippen LogP contribution in [0.3, 0.4) is 0 Å². The van der Waals surface area contributed by atoms with E-state index in [-0.39, 0.29) is 17.4 Å². The van der Waals surface area contributed by atoms with E-state index in [9.17, 15) is 18.0 Å². The Labute approximate surface area is 212 Å². The molecule has 1 aliphatic rings. The van der Waals surface area contributed by atoms with Gasteiger partial charge in [-0.3, -0.25) is 9.78 Å². The quantitative estimate of drug-likeness (QED) is 0.461. The van der Waals surface area contributed by atoms with Crippen LogP contribution >= 0.6 is 0 Å². The first-order valence-corrected chi connectivity index (χ1v) is 11.7. The number of nitrogens with zero attached hydrogens (tertiary/aromatic N) is 3. The maximum absolute atomic E-state index is 12.9. The van der Waals surface area contributed by atoms with E-state index in [1.165, 1.54) is 18.3 Å². The molecule has 0 radical (unpaired) electrons. The number of ether oxygens (including phenoxy) is 3. The fraction of sp³-hybridized carbons (Fsp3) is 0.346. The molecule has 1 saturated heterocycles. The van der Waals surface area contributed by atoms with E-state index >= 15 is 0 Å². The number of alkyl halides is 3. The molecule has 0 aliphatic carbocycles. The van der Waals surface area contributed by atoms with Gasteiger partial charge in [-0.1, -0.05) is 6.07 Å². The average Bonchev–Trinajstić information content (AvgIpc) is 2.84. The molecule has 3 aromatic rings. The Hall–Kier alpha value is -3.86. The predicted octanol–water partition coefficient (Wildman–Crippen LogP) is 5.23. The minimum atomic E-state index is -4.83. The molecule has 1 aromatic carbocycles. The number of aromatic nitrogens is 2. The third-order valence-electron chi connectivity index (χ3n) is 5.52. The molecular formula is C26H27F3N4O4. The molecule has 4 rings (SSSR count). The van der Waals surface area contributed by atoms with Crippen LogP contribution in [0.15, 0.2) is 48.8 Å². The van der Waals surface area contributed by atoms with Crippen molar-refractivity contribution < 1.29 is 32.2 Å². The minimum Gasteiger partial charge on any atom is -0.473 e. The van der Waals surface area contributed by atoms with Crippen LogP contribution in [0, 0.1) is 6.92 Å².